The third kappa shape index (κ3) is 4.36. The fourth-order valence-electron chi connectivity index (χ4n) is 4.07. The lowest BCUT2D eigenvalue weighted by atomic mass is 10.1. The molecule has 0 radical (unpaired) electrons. The second kappa shape index (κ2) is 9.44. The Balaban J connectivity index is 1.44. The first-order chi connectivity index (χ1) is 16.5. The molecule has 34 heavy (non-hydrogen) atoms. The number of halogens is 1. The van der Waals surface area contributed by atoms with Crippen molar-refractivity contribution in [1.82, 2.24) is 9.88 Å². The Morgan fingerprint density at radius 1 is 1.06 bits per heavy atom. The van der Waals surface area contributed by atoms with Gasteiger partial charge in [-0.25, -0.2) is 0 Å². The quantitative estimate of drug-likeness (QED) is 0.243. The van der Waals surface area contributed by atoms with Crippen molar-refractivity contribution < 1.29 is 9.53 Å². The van der Waals surface area contributed by atoms with Crippen LogP contribution in [0.3, 0.4) is 0 Å². The van der Waals surface area contributed by atoms with Gasteiger partial charge in [-0.05, 0) is 67.2 Å². The van der Waals surface area contributed by atoms with Crippen molar-refractivity contribution in [3.8, 4) is 5.75 Å². The topological polar surface area (TPSA) is 46.5 Å². The second-order valence-electron chi connectivity index (χ2n) is 8.02. The van der Waals surface area contributed by atoms with E-state index in [2.05, 4.69) is 44.1 Å². The number of aromatic nitrogens is 1. The van der Waals surface area contributed by atoms with Gasteiger partial charge in [-0.2, -0.15) is 0 Å². The van der Waals surface area contributed by atoms with Crippen molar-refractivity contribution >= 4 is 61.8 Å². The van der Waals surface area contributed by atoms with E-state index in [-0.39, 0.29) is 5.91 Å². The standard InChI is InChI=1S/C27H22BrN3O2S/c1-18-7-5-6-10-25(18)33-14-13-30-17-19(22-16-20(28)11-12-24(22)30)15-23-26(32)31(27(34)29-23)21-8-3-2-4-9-21/h2-12,15-17H,13-14H2,1H3,(H,29,34)/b23-15-. The van der Waals surface area contributed by atoms with Gasteiger partial charge in [-0.1, -0.05) is 52.3 Å². The summed E-state index contributed by atoms with van der Waals surface area (Å²) < 4.78 is 9.14. The maximum atomic E-state index is 13.2. The maximum Gasteiger partial charge on any atom is 0.281 e. The van der Waals surface area contributed by atoms with Gasteiger partial charge < -0.3 is 14.6 Å². The number of hydrogen-bond acceptors (Lipinski definition) is 3. The largest absolute Gasteiger partial charge is 0.491 e. The molecule has 2 heterocycles. The van der Waals surface area contributed by atoms with Gasteiger partial charge in [0.05, 0.1) is 12.2 Å². The number of ether oxygens (including phenoxy) is 1. The average Bonchev–Trinajstić information content (AvgIpc) is 3.31. The molecule has 4 aromatic rings. The highest BCUT2D eigenvalue weighted by atomic mass is 79.9. The number of nitrogens with one attached hydrogen (secondary N) is 1. The molecule has 1 saturated heterocycles. The van der Waals surface area contributed by atoms with Crippen molar-refractivity contribution in [1.29, 1.82) is 0 Å². The Kier molecular flexibility index (Phi) is 6.22. The zero-order valence-electron chi connectivity index (χ0n) is 18.5. The third-order valence-electron chi connectivity index (χ3n) is 5.75. The number of anilines is 1. The number of amides is 1. The molecule has 7 heteroatoms. The number of carbonyl (C=O) groups excluding carboxylic acids is 1. The molecular weight excluding hydrogens is 510 g/mol. The lowest BCUT2D eigenvalue weighted by Crippen LogP contribution is -2.30. The van der Waals surface area contributed by atoms with Crippen LogP contribution in [0.4, 0.5) is 5.69 Å². The van der Waals surface area contributed by atoms with Crippen molar-refractivity contribution in [2.75, 3.05) is 11.5 Å². The summed E-state index contributed by atoms with van der Waals surface area (Å²) in [5.41, 5.74) is 4.30. The Bertz CT molecular complexity index is 1430. The maximum absolute atomic E-state index is 13.2. The van der Waals surface area contributed by atoms with Crippen molar-refractivity contribution in [3.05, 3.63) is 100 Å². The number of rotatable bonds is 6. The first kappa shape index (κ1) is 22.4. The van der Waals surface area contributed by atoms with Gasteiger partial charge in [-0.3, -0.25) is 9.69 Å². The second-order valence-corrected chi connectivity index (χ2v) is 9.32. The Labute approximate surface area is 211 Å². The molecule has 0 saturated carbocycles. The molecule has 1 aromatic heterocycles. The first-order valence-corrected chi connectivity index (χ1v) is 12.1. The molecular formula is C27H22BrN3O2S. The molecule has 170 valence electrons. The highest BCUT2D eigenvalue weighted by molar-refractivity contribution is 9.10. The molecule has 1 aliphatic rings. The number of hydrogen-bond donors (Lipinski definition) is 1. The molecule has 0 bridgehead atoms. The van der Waals surface area contributed by atoms with Crippen LogP contribution in [-0.2, 0) is 11.3 Å². The zero-order chi connectivity index (χ0) is 23.7. The summed E-state index contributed by atoms with van der Waals surface area (Å²) in [4.78, 5) is 14.7. The summed E-state index contributed by atoms with van der Waals surface area (Å²) in [6, 6.07) is 23.6. The SMILES string of the molecule is Cc1ccccc1OCCn1cc(/C=C2\NC(=S)N(c3ccccc3)C2=O)c2cc(Br)ccc21. The Hall–Kier alpha value is -3.42. The van der Waals surface area contributed by atoms with Crippen molar-refractivity contribution in [3.63, 3.8) is 0 Å². The molecule has 0 atom stereocenters. The van der Waals surface area contributed by atoms with Crippen LogP contribution < -0.4 is 15.0 Å². The molecule has 0 spiro atoms. The van der Waals surface area contributed by atoms with Gasteiger partial charge in [0, 0.05) is 27.1 Å². The van der Waals surface area contributed by atoms with E-state index in [1.54, 1.807) is 0 Å². The minimum Gasteiger partial charge on any atom is -0.491 e. The number of carbonyl (C=O) groups is 1. The number of thiocarbonyl (C=S) groups is 1. The van der Waals surface area contributed by atoms with Crippen LogP contribution in [0.2, 0.25) is 0 Å². The van der Waals surface area contributed by atoms with Gasteiger partial charge in [-0.15, -0.1) is 0 Å². The van der Waals surface area contributed by atoms with Gasteiger partial charge in [0.2, 0.25) is 0 Å². The number of aryl methyl sites for hydroxylation is 1. The lowest BCUT2D eigenvalue weighted by Gasteiger charge is -2.13. The molecule has 1 fully saturated rings. The number of fused-ring (bicyclic) bond motifs is 1. The average molecular weight is 532 g/mol. The summed E-state index contributed by atoms with van der Waals surface area (Å²) in [5, 5.41) is 4.50. The molecule has 3 aromatic carbocycles. The number of para-hydroxylation sites is 2. The first-order valence-electron chi connectivity index (χ1n) is 10.9. The summed E-state index contributed by atoms with van der Waals surface area (Å²) in [6.45, 7) is 3.24. The minimum absolute atomic E-state index is 0.171. The van der Waals surface area contributed by atoms with Crippen LogP contribution in [0.1, 0.15) is 11.1 Å². The smallest absolute Gasteiger partial charge is 0.281 e. The van der Waals surface area contributed by atoms with E-state index in [1.807, 2.05) is 73.7 Å². The molecule has 0 aliphatic carbocycles. The van der Waals surface area contributed by atoms with E-state index in [1.165, 1.54) is 4.90 Å². The van der Waals surface area contributed by atoms with E-state index < -0.39 is 0 Å². The van der Waals surface area contributed by atoms with Gasteiger partial charge in [0.1, 0.15) is 18.1 Å². The van der Waals surface area contributed by atoms with E-state index in [0.717, 1.165) is 37.9 Å². The van der Waals surface area contributed by atoms with Crippen LogP contribution in [0.25, 0.3) is 17.0 Å². The van der Waals surface area contributed by atoms with E-state index >= 15 is 0 Å². The van der Waals surface area contributed by atoms with E-state index in [4.69, 9.17) is 17.0 Å². The molecule has 1 aliphatic heterocycles. The van der Waals surface area contributed by atoms with Crippen molar-refractivity contribution in [2.24, 2.45) is 0 Å². The van der Waals surface area contributed by atoms with Crippen LogP contribution in [0.5, 0.6) is 5.75 Å². The fourth-order valence-corrected chi connectivity index (χ4v) is 4.73. The zero-order valence-corrected chi connectivity index (χ0v) is 20.9. The van der Waals surface area contributed by atoms with Crippen LogP contribution in [0, 0.1) is 6.92 Å². The molecule has 1 N–H and O–H groups in total. The summed E-state index contributed by atoms with van der Waals surface area (Å²) in [7, 11) is 0. The molecule has 5 nitrogen and oxygen atoms in total. The van der Waals surface area contributed by atoms with Gasteiger partial charge >= 0.3 is 0 Å². The van der Waals surface area contributed by atoms with E-state index in [9.17, 15) is 4.79 Å². The predicted octanol–water partition coefficient (Wildman–Crippen LogP) is 6.05. The Morgan fingerprint density at radius 2 is 1.82 bits per heavy atom. The monoisotopic (exact) mass is 531 g/mol. The van der Waals surface area contributed by atoms with Crippen LogP contribution in [0.15, 0.2) is 89.2 Å². The van der Waals surface area contributed by atoms with Crippen molar-refractivity contribution in [2.45, 2.75) is 13.5 Å². The molecule has 1 amide bonds. The molecule has 0 unspecified atom stereocenters. The Morgan fingerprint density at radius 3 is 2.62 bits per heavy atom. The van der Waals surface area contributed by atoms with Crippen LogP contribution >= 0.6 is 28.1 Å². The molecule has 5 rings (SSSR count). The summed E-state index contributed by atoms with van der Waals surface area (Å²) in [6.07, 6.45) is 3.92. The van der Waals surface area contributed by atoms with Crippen LogP contribution in [-0.4, -0.2) is 22.2 Å². The van der Waals surface area contributed by atoms with Gasteiger partial charge in [0.15, 0.2) is 5.11 Å². The predicted molar refractivity (Wildman–Crippen MR) is 144 cm³/mol. The minimum atomic E-state index is -0.171. The highest BCUT2D eigenvalue weighted by Gasteiger charge is 2.32. The number of benzene rings is 3. The lowest BCUT2D eigenvalue weighted by molar-refractivity contribution is -0.113. The van der Waals surface area contributed by atoms with E-state index in [0.29, 0.717) is 24.0 Å². The highest BCUT2D eigenvalue weighted by Crippen LogP contribution is 2.29. The third-order valence-corrected chi connectivity index (χ3v) is 6.53. The normalized spacial score (nSPS) is 14.8. The summed E-state index contributed by atoms with van der Waals surface area (Å²) in [5.74, 6) is 0.717. The fraction of sp³-hybridized carbons (Fsp3) is 0.111. The van der Waals surface area contributed by atoms with Gasteiger partial charge in [0.25, 0.3) is 5.91 Å². The number of nitrogens with zero attached hydrogens (tertiary/aromatic N) is 2. The summed E-state index contributed by atoms with van der Waals surface area (Å²) >= 11 is 9.03.